The van der Waals surface area contributed by atoms with Gasteiger partial charge in [0.15, 0.2) is 0 Å². The summed E-state index contributed by atoms with van der Waals surface area (Å²) in [5, 5.41) is 2.75. The number of nitrogens with one attached hydrogen (secondary N) is 1. The molecule has 1 heterocycles. The van der Waals surface area contributed by atoms with Crippen LogP contribution in [0, 0.1) is 6.07 Å². The van der Waals surface area contributed by atoms with Gasteiger partial charge >= 0.3 is 6.18 Å². The number of nitrogens with zero attached hydrogens (tertiary/aromatic N) is 1. The number of hydrogen-bond donors (Lipinski definition) is 1. The molecule has 2 rings (SSSR count). The molecule has 1 aromatic carbocycles. The Bertz CT molecular complexity index is 495. The number of halogens is 3. The molecule has 0 amide bonds. The second-order valence-corrected chi connectivity index (χ2v) is 3.33. The fourth-order valence-corrected chi connectivity index (χ4v) is 1.29. The molecule has 0 unspecified atom stereocenters. The summed E-state index contributed by atoms with van der Waals surface area (Å²) in [5.41, 5.74) is -0.479. The second-order valence-electron chi connectivity index (χ2n) is 3.33. The Labute approximate surface area is 96.1 Å². The Hall–Kier alpha value is -2.04. The van der Waals surface area contributed by atoms with Crippen LogP contribution in [0.1, 0.15) is 5.56 Å². The molecule has 0 bridgehead atoms. The summed E-state index contributed by atoms with van der Waals surface area (Å²) in [7, 11) is 0. The van der Waals surface area contributed by atoms with Gasteiger partial charge in [0.2, 0.25) is 0 Å². The van der Waals surface area contributed by atoms with E-state index in [1.54, 1.807) is 24.4 Å². The van der Waals surface area contributed by atoms with Crippen molar-refractivity contribution in [3.8, 4) is 0 Å². The van der Waals surface area contributed by atoms with Crippen molar-refractivity contribution in [2.24, 2.45) is 0 Å². The lowest BCUT2D eigenvalue weighted by Gasteiger charge is -2.09. The molecule has 0 atom stereocenters. The van der Waals surface area contributed by atoms with Crippen LogP contribution in [0.4, 0.5) is 24.7 Å². The number of pyridine rings is 1. The highest BCUT2D eigenvalue weighted by atomic mass is 19.4. The molecule has 87 valence electrons. The predicted octanol–water partition coefficient (Wildman–Crippen LogP) is 3.64. The molecule has 5 heteroatoms. The minimum Gasteiger partial charge on any atom is -0.340 e. The zero-order valence-corrected chi connectivity index (χ0v) is 8.62. The molecule has 2 aromatic rings. The highest BCUT2D eigenvalue weighted by Crippen LogP contribution is 2.30. The van der Waals surface area contributed by atoms with Gasteiger partial charge in [-0.25, -0.2) is 4.98 Å². The highest BCUT2D eigenvalue weighted by Gasteiger charge is 2.30. The lowest BCUT2D eigenvalue weighted by Crippen LogP contribution is -2.05. The summed E-state index contributed by atoms with van der Waals surface area (Å²) in [5.74, 6) is 0.475. The van der Waals surface area contributed by atoms with Gasteiger partial charge in [-0.05, 0) is 24.3 Å². The number of hydrogen-bond acceptors (Lipinski definition) is 2. The monoisotopic (exact) mass is 237 g/mol. The van der Waals surface area contributed by atoms with Crippen LogP contribution in [-0.4, -0.2) is 4.98 Å². The van der Waals surface area contributed by atoms with Crippen LogP contribution >= 0.6 is 0 Å². The molecule has 0 fully saturated rings. The largest absolute Gasteiger partial charge is 0.416 e. The third kappa shape index (κ3) is 2.96. The van der Waals surface area contributed by atoms with Crippen molar-refractivity contribution in [1.82, 2.24) is 4.98 Å². The average molecular weight is 237 g/mol. The maximum Gasteiger partial charge on any atom is 0.416 e. The Morgan fingerprint density at radius 2 is 2.00 bits per heavy atom. The van der Waals surface area contributed by atoms with Gasteiger partial charge in [-0.2, -0.15) is 13.2 Å². The molecule has 0 spiro atoms. The first kappa shape index (κ1) is 11.4. The first-order valence-electron chi connectivity index (χ1n) is 4.83. The van der Waals surface area contributed by atoms with E-state index in [0.29, 0.717) is 5.82 Å². The Morgan fingerprint density at radius 3 is 2.65 bits per heavy atom. The molecule has 0 saturated heterocycles. The van der Waals surface area contributed by atoms with Crippen molar-refractivity contribution in [1.29, 1.82) is 0 Å². The zero-order chi connectivity index (χ0) is 12.3. The summed E-state index contributed by atoms with van der Waals surface area (Å²) >= 11 is 0. The van der Waals surface area contributed by atoms with E-state index in [1.165, 1.54) is 6.07 Å². The summed E-state index contributed by atoms with van der Waals surface area (Å²) in [6.45, 7) is 0. The minimum absolute atomic E-state index is 0.235. The molecular weight excluding hydrogens is 229 g/mol. The number of anilines is 2. The van der Waals surface area contributed by atoms with Gasteiger partial charge in [-0.15, -0.1) is 0 Å². The van der Waals surface area contributed by atoms with Crippen LogP contribution in [0.2, 0.25) is 0 Å². The van der Waals surface area contributed by atoms with Crippen molar-refractivity contribution >= 4 is 11.5 Å². The van der Waals surface area contributed by atoms with Crippen LogP contribution in [0.5, 0.6) is 0 Å². The fraction of sp³-hybridized carbons (Fsp3) is 0.0833. The quantitative estimate of drug-likeness (QED) is 0.862. The van der Waals surface area contributed by atoms with Gasteiger partial charge in [0.25, 0.3) is 0 Å². The standard InChI is InChI=1S/C12H8F3N2/c13-12(14,15)9-4-3-5-10(8-9)17-11-6-1-2-7-16-11/h1-4,6-8H,(H,16,17). The molecule has 0 aliphatic rings. The fourth-order valence-electron chi connectivity index (χ4n) is 1.29. The smallest absolute Gasteiger partial charge is 0.340 e. The van der Waals surface area contributed by atoms with Crippen LogP contribution in [0.15, 0.2) is 42.6 Å². The van der Waals surface area contributed by atoms with E-state index in [0.717, 1.165) is 12.1 Å². The van der Waals surface area contributed by atoms with Gasteiger partial charge in [0.1, 0.15) is 5.82 Å². The number of rotatable bonds is 2. The molecule has 0 aliphatic carbocycles. The maximum absolute atomic E-state index is 12.4. The zero-order valence-electron chi connectivity index (χ0n) is 8.62. The Kier molecular flexibility index (Phi) is 2.99. The lowest BCUT2D eigenvalue weighted by molar-refractivity contribution is -0.137. The van der Waals surface area contributed by atoms with E-state index < -0.39 is 11.7 Å². The van der Waals surface area contributed by atoms with Gasteiger partial charge in [-0.3, -0.25) is 0 Å². The lowest BCUT2D eigenvalue weighted by atomic mass is 10.2. The van der Waals surface area contributed by atoms with E-state index in [4.69, 9.17) is 0 Å². The average Bonchev–Trinajstić information content (AvgIpc) is 2.29. The van der Waals surface area contributed by atoms with E-state index in [9.17, 15) is 13.2 Å². The van der Waals surface area contributed by atoms with E-state index in [2.05, 4.69) is 16.4 Å². The number of benzene rings is 1. The summed E-state index contributed by atoms with van der Waals surface area (Å²) in [6, 6.07) is 11.0. The van der Waals surface area contributed by atoms with Gasteiger partial charge in [0.05, 0.1) is 5.56 Å². The maximum atomic E-state index is 12.4. The van der Waals surface area contributed by atoms with Crippen LogP contribution < -0.4 is 5.32 Å². The van der Waals surface area contributed by atoms with Crippen molar-refractivity contribution in [3.05, 3.63) is 54.2 Å². The number of aromatic nitrogens is 1. The number of alkyl halides is 3. The third-order valence-electron chi connectivity index (χ3n) is 2.06. The molecule has 2 nitrogen and oxygen atoms in total. The van der Waals surface area contributed by atoms with Crippen LogP contribution in [0.25, 0.3) is 0 Å². The molecule has 1 N–H and O–H groups in total. The van der Waals surface area contributed by atoms with Crippen LogP contribution in [0.3, 0.4) is 0 Å². The topological polar surface area (TPSA) is 24.9 Å². The summed E-state index contributed by atoms with van der Waals surface area (Å²) in [6.07, 6.45) is -2.80. The van der Waals surface area contributed by atoms with Gasteiger partial charge in [-0.1, -0.05) is 12.1 Å². The first-order valence-corrected chi connectivity index (χ1v) is 4.83. The van der Waals surface area contributed by atoms with Crippen molar-refractivity contribution in [3.63, 3.8) is 0 Å². The van der Waals surface area contributed by atoms with Crippen molar-refractivity contribution in [2.45, 2.75) is 6.18 Å². The Balaban J connectivity index is 2.23. The van der Waals surface area contributed by atoms with Crippen molar-refractivity contribution in [2.75, 3.05) is 5.32 Å². The molecule has 1 aromatic heterocycles. The van der Waals surface area contributed by atoms with E-state index in [-0.39, 0.29) is 5.69 Å². The van der Waals surface area contributed by atoms with Crippen LogP contribution in [-0.2, 0) is 6.18 Å². The highest BCUT2D eigenvalue weighted by molar-refractivity contribution is 5.56. The van der Waals surface area contributed by atoms with E-state index in [1.807, 2.05) is 0 Å². The summed E-state index contributed by atoms with van der Waals surface area (Å²) in [4.78, 5) is 3.95. The van der Waals surface area contributed by atoms with E-state index >= 15 is 0 Å². The molecule has 0 aliphatic heterocycles. The predicted molar refractivity (Wildman–Crippen MR) is 57.8 cm³/mol. The molecule has 17 heavy (non-hydrogen) atoms. The molecule has 1 radical (unpaired) electrons. The Morgan fingerprint density at radius 1 is 1.18 bits per heavy atom. The van der Waals surface area contributed by atoms with Gasteiger partial charge in [0, 0.05) is 18.0 Å². The minimum atomic E-state index is -4.35. The molecular formula is C12H8F3N2. The molecule has 0 saturated carbocycles. The van der Waals surface area contributed by atoms with Gasteiger partial charge < -0.3 is 5.32 Å². The first-order chi connectivity index (χ1) is 8.05. The summed E-state index contributed by atoms with van der Waals surface area (Å²) < 4.78 is 37.3. The SMILES string of the molecule is FC(F)(F)c1cc[c]c(Nc2ccccn2)c1. The second kappa shape index (κ2) is 4.45. The van der Waals surface area contributed by atoms with Crippen molar-refractivity contribution < 1.29 is 13.2 Å². The normalized spacial score (nSPS) is 11.2. The third-order valence-corrected chi connectivity index (χ3v) is 2.06.